The lowest BCUT2D eigenvalue weighted by Crippen LogP contribution is -2.12. The minimum atomic E-state index is 0.215. The molecular weight excluding hydrogens is 235 g/mol. The SMILES string of the molecule is NC(CCl)=Nc1cccc(OCCCl)c1. The molecule has 0 saturated carbocycles. The zero-order chi connectivity index (χ0) is 11.1. The highest BCUT2D eigenvalue weighted by Crippen LogP contribution is 2.19. The Bertz CT molecular complexity index is 342. The van der Waals surface area contributed by atoms with Crippen LogP contribution in [0.5, 0.6) is 5.75 Å². The van der Waals surface area contributed by atoms with Crippen LogP contribution in [0.4, 0.5) is 5.69 Å². The van der Waals surface area contributed by atoms with E-state index in [4.69, 9.17) is 33.7 Å². The average molecular weight is 247 g/mol. The van der Waals surface area contributed by atoms with E-state index in [-0.39, 0.29) is 5.88 Å². The highest BCUT2D eigenvalue weighted by Gasteiger charge is 1.96. The van der Waals surface area contributed by atoms with Gasteiger partial charge in [-0.05, 0) is 12.1 Å². The number of ether oxygens (including phenoxy) is 1. The first-order valence-corrected chi connectivity index (χ1v) is 5.51. The Morgan fingerprint density at radius 1 is 1.40 bits per heavy atom. The highest BCUT2D eigenvalue weighted by molar-refractivity contribution is 6.28. The molecule has 1 aromatic carbocycles. The monoisotopic (exact) mass is 246 g/mol. The van der Waals surface area contributed by atoms with Crippen LogP contribution < -0.4 is 10.5 Å². The molecule has 0 spiro atoms. The maximum absolute atomic E-state index is 5.52. The maximum atomic E-state index is 5.52. The quantitative estimate of drug-likeness (QED) is 0.493. The standard InChI is InChI=1S/C10H12Cl2N2O/c11-4-5-15-9-3-1-2-8(6-9)14-10(13)7-12/h1-3,6H,4-5,7H2,(H2,13,14). The Morgan fingerprint density at radius 2 is 2.20 bits per heavy atom. The summed E-state index contributed by atoms with van der Waals surface area (Å²) >= 11 is 11.0. The van der Waals surface area contributed by atoms with E-state index < -0.39 is 0 Å². The van der Waals surface area contributed by atoms with Crippen molar-refractivity contribution in [3.63, 3.8) is 0 Å². The number of nitrogens with two attached hydrogens (primary N) is 1. The van der Waals surface area contributed by atoms with Gasteiger partial charge in [-0.25, -0.2) is 4.99 Å². The smallest absolute Gasteiger partial charge is 0.121 e. The van der Waals surface area contributed by atoms with Gasteiger partial charge in [0.1, 0.15) is 18.2 Å². The number of nitrogens with zero attached hydrogens (tertiary/aromatic N) is 1. The molecule has 15 heavy (non-hydrogen) atoms. The molecule has 0 saturated heterocycles. The lowest BCUT2D eigenvalue weighted by Gasteiger charge is -2.04. The van der Waals surface area contributed by atoms with Crippen LogP contribution in [0, 0.1) is 0 Å². The van der Waals surface area contributed by atoms with Crippen molar-refractivity contribution >= 4 is 34.7 Å². The Kier molecular flexibility index (Phi) is 5.29. The number of aliphatic imine (C=N–C) groups is 1. The topological polar surface area (TPSA) is 47.6 Å². The fraction of sp³-hybridized carbons (Fsp3) is 0.300. The van der Waals surface area contributed by atoms with Crippen molar-refractivity contribution in [1.29, 1.82) is 0 Å². The second-order valence-corrected chi connectivity index (χ2v) is 3.42. The second kappa shape index (κ2) is 6.53. The molecule has 0 aromatic heterocycles. The molecule has 0 heterocycles. The van der Waals surface area contributed by atoms with Crippen molar-refractivity contribution in [1.82, 2.24) is 0 Å². The van der Waals surface area contributed by atoms with Crippen molar-refractivity contribution in [2.24, 2.45) is 10.7 Å². The summed E-state index contributed by atoms with van der Waals surface area (Å²) in [6.45, 7) is 0.472. The summed E-state index contributed by atoms with van der Waals surface area (Å²) in [5.41, 5.74) is 6.23. The number of hydrogen-bond donors (Lipinski definition) is 1. The van der Waals surface area contributed by atoms with Gasteiger partial charge in [0.15, 0.2) is 0 Å². The molecule has 0 bridgehead atoms. The van der Waals surface area contributed by atoms with Gasteiger partial charge >= 0.3 is 0 Å². The van der Waals surface area contributed by atoms with Crippen molar-refractivity contribution in [3.05, 3.63) is 24.3 Å². The minimum Gasteiger partial charge on any atom is -0.492 e. The van der Waals surface area contributed by atoms with Crippen LogP contribution in [0.3, 0.4) is 0 Å². The largest absolute Gasteiger partial charge is 0.492 e. The van der Waals surface area contributed by atoms with Gasteiger partial charge in [0.05, 0.1) is 17.4 Å². The molecule has 5 heteroatoms. The molecule has 0 aliphatic heterocycles. The van der Waals surface area contributed by atoms with Crippen molar-refractivity contribution in [2.75, 3.05) is 18.4 Å². The number of hydrogen-bond acceptors (Lipinski definition) is 2. The van der Waals surface area contributed by atoms with Gasteiger partial charge in [-0.1, -0.05) is 6.07 Å². The first kappa shape index (κ1) is 12.1. The van der Waals surface area contributed by atoms with Crippen molar-refractivity contribution < 1.29 is 4.74 Å². The average Bonchev–Trinajstić information content (AvgIpc) is 2.26. The van der Waals surface area contributed by atoms with E-state index in [0.29, 0.717) is 18.3 Å². The van der Waals surface area contributed by atoms with Gasteiger partial charge in [0, 0.05) is 6.07 Å². The predicted molar refractivity (Wildman–Crippen MR) is 64.7 cm³/mol. The first-order valence-electron chi connectivity index (χ1n) is 4.44. The van der Waals surface area contributed by atoms with Crippen LogP contribution in [0.15, 0.2) is 29.3 Å². The van der Waals surface area contributed by atoms with Crippen LogP contribution in [0.2, 0.25) is 0 Å². The third kappa shape index (κ3) is 4.40. The molecule has 82 valence electrons. The van der Waals surface area contributed by atoms with Gasteiger partial charge in [-0.2, -0.15) is 0 Å². The molecule has 0 fully saturated rings. The van der Waals surface area contributed by atoms with Crippen LogP contribution in [0.1, 0.15) is 0 Å². The minimum absolute atomic E-state index is 0.215. The molecule has 0 amide bonds. The fourth-order valence-corrected chi connectivity index (χ4v) is 1.13. The van der Waals surface area contributed by atoms with E-state index in [9.17, 15) is 0 Å². The van der Waals surface area contributed by atoms with Crippen molar-refractivity contribution in [2.45, 2.75) is 0 Å². The number of alkyl halides is 2. The van der Waals surface area contributed by atoms with E-state index >= 15 is 0 Å². The Morgan fingerprint density at radius 3 is 2.87 bits per heavy atom. The molecule has 0 aliphatic carbocycles. The van der Waals surface area contributed by atoms with E-state index in [1.165, 1.54) is 0 Å². The van der Waals surface area contributed by atoms with Gasteiger partial charge < -0.3 is 10.5 Å². The molecule has 2 N–H and O–H groups in total. The fourth-order valence-electron chi connectivity index (χ4n) is 0.995. The summed E-state index contributed by atoms with van der Waals surface area (Å²) in [7, 11) is 0. The van der Waals surface area contributed by atoms with Crippen LogP contribution in [0.25, 0.3) is 0 Å². The summed E-state index contributed by atoms with van der Waals surface area (Å²) in [5, 5.41) is 0. The van der Waals surface area contributed by atoms with E-state index in [1.54, 1.807) is 6.07 Å². The van der Waals surface area contributed by atoms with Gasteiger partial charge in [0.25, 0.3) is 0 Å². The van der Waals surface area contributed by atoms with Gasteiger partial charge in [-0.3, -0.25) is 0 Å². The molecule has 0 aliphatic rings. The zero-order valence-corrected chi connectivity index (χ0v) is 9.63. The van der Waals surface area contributed by atoms with Crippen molar-refractivity contribution in [3.8, 4) is 5.75 Å². The summed E-state index contributed by atoms with van der Waals surface area (Å²) in [6, 6.07) is 7.28. The van der Waals surface area contributed by atoms with E-state index in [2.05, 4.69) is 4.99 Å². The molecule has 0 atom stereocenters. The second-order valence-electron chi connectivity index (χ2n) is 2.77. The predicted octanol–water partition coefficient (Wildman–Crippen LogP) is 2.53. The number of halogens is 2. The summed E-state index contributed by atoms with van der Waals surface area (Å²) in [5.74, 6) is 1.77. The van der Waals surface area contributed by atoms with Gasteiger partial charge in [0.2, 0.25) is 0 Å². The summed E-state index contributed by atoms with van der Waals surface area (Å²) in [6.07, 6.45) is 0. The van der Waals surface area contributed by atoms with Gasteiger partial charge in [-0.15, -0.1) is 23.2 Å². The third-order valence-electron chi connectivity index (χ3n) is 1.57. The number of rotatable bonds is 5. The Balaban J connectivity index is 2.74. The van der Waals surface area contributed by atoms with E-state index in [0.717, 1.165) is 11.4 Å². The van der Waals surface area contributed by atoms with Crippen LogP contribution >= 0.6 is 23.2 Å². The molecule has 0 unspecified atom stereocenters. The first-order chi connectivity index (χ1) is 7.26. The molecule has 1 rings (SSSR count). The third-order valence-corrected chi connectivity index (χ3v) is 2.00. The molecule has 3 nitrogen and oxygen atoms in total. The molecule has 1 aromatic rings. The number of amidine groups is 1. The summed E-state index contributed by atoms with van der Waals surface area (Å²) in [4.78, 5) is 4.10. The van der Waals surface area contributed by atoms with E-state index in [1.807, 2.05) is 18.2 Å². The van der Waals surface area contributed by atoms with Crippen LogP contribution in [-0.4, -0.2) is 24.2 Å². The van der Waals surface area contributed by atoms with Crippen LogP contribution in [-0.2, 0) is 0 Å². The molecular formula is C10H12Cl2N2O. The Labute approximate surface area is 98.8 Å². The lowest BCUT2D eigenvalue weighted by molar-refractivity contribution is 0.343. The molecule has 0 radical (unpaired) electrons. The Hall–Kier alpha value is -0.930. The summed E-state index contributed by atoms with van der Waals surface area (Å²) < 4.78 is 5.34. The lowest BCUT2D eigenvalue weighted by atomic mass is 10.3. The number of benzene rings is 1. The highest BCUT2D eigenvalue weighted by atomic mass is 35.5. The maximum Gasteiger partial charge on any atom is 0.121 e. The zero-order valence-electron chi connectivity index (χ0n) is 8.12. The normalized spacial score (nSPS) is 11.5.